The van der Waals surface area contributed by atoms with Crippen LogP contribution in [0.3, 0.4) is 0 Å². The van der Waals surface area contributed by atoms with Gasteiger partial charge in [-0.3, -0.25) is 18.9 Å². The monoisotopic (exact) mass is 366 g/mol. The van der Waals surface area contributed by atoms with E-state index in [0.717, 1.165) is 6.42 Å². The average molecular weight is 366 g/mol. The molecule has 0 heterocycles. The lowest BCUT2D eigenvalue weighted by Gasteiger charge is -2.21. The second-order valence-corrected chi connectivity index (χ2v) is 7.42. The third kappa shape index (κ3) is 8.97. The van der Waals surface area contributed by atoms with E-state index < -0.39 is 37.3 Å². The molecule has 10 nitrogen and oxygen atoms in total. The van der Waals surface area contributed by atoms with Crippen LogP contribution in [0.2, 0.25) is 0 Å². The van der Waals surface area contributed by atoms with Gasteiger partial charge in [-0.2, -0.15) is 0 Å². The fourth-order valence-corrected chi connectivity index (χ4v) is 1.85. The van der Waals surface area contributed by atoms with Gasteiger partial charge in [0.05, 0.1) is 6.54 Å². The summed E-state index contributed by atoms with van der Waals surface area (Å²) in [5.74, 6) is -3.02. The van der Waals surface area contributed by atoms with Crippen LogP contribution in [-0.4, -0.2) is 58.5 Å². The van der Waals surface area contributed by atoms with Gasteiger partial charge in [-0.1, -0.05) is 6.92 Å². The molecule has 6 N–H and O–H groups in total. The van der Waals surface area contributed by atoms with E-state index in [9.17, 15) is 18.9 Å². The zero-order valence-corrected chi connectivity index (χ0v) is 15.2. The van der Waals surface area contributed by atoms with Crippen molar-refractivity contribution in [3.63, 3.8) is 0 Å². The molecule has 140 valence electrons. The highest BCUT2D eigenvalue weighted by Gasteiger charge is 2.28. The van der Waals surface area contributed by atoms with Crippen molar-refractivity contribution in [2.24, 2.45) is 0 Å². The van der Waals surface area contributed by atoms with Gasteiger partial charge >= 0.3 is 7.60 Å². The van der Waals surface area contributed by atoms with E-state index in [1.54, 1.807) is 0 Å². The summed E-state index contributed by atoms with van der Waals surface area (Å²) in [7, 11) is -4.44. The van der Waals surface area contributed by atoms with Crippen molar-refractivity contribution < 1.29 is 28.7 Å². The van der Waals surface area contributed by atoms with Crippen molar-refractivity contribution in [2.45, 2.75) is 52.0 Å². The number of amides is 3. The summed E-state index contributed by atoms with van der Waals surface area (Å²) >= 11 is 0. The van der Waals surface area contributed by atoms with Crippen molar-refractivity contribution in [2.75, 3.05) is 13.1 Å². The first-order chi connectivity index (χ1) is 11.0. The fraction of sp³-hybridized carbons (Fsp3) is 0.769. The Morgan fingerprint density at radius 3 is 1.96 bits per heavy atom. The minimum atomic E-state index is -4.44. The number of carbonyl (C=O) groups excluding carboxylic acids is 3. The lowest BCUT2D eigenvalue weighted by Crippen LogP contribution is -2.53. The van der Waals surface area contributed by atoms with E-state index >= 15 is 0 Å². The lowest BCUT2D eigenvalue weighted by atomic mass is 10.2. The van der Waals surface area contributed by atoms with Gasteiger partial charge in [-0.25, -0.2) is 0 Å². The Balaban J connectivity index is 4.35. The van der Waals surface area contributed by atoms with Crippen molar-refractivity contribution in [3.05, 3.63) is 0 Å². The molecule has 0 aliphatic rings. The van der Waals surface area contributed by atoms with E-state index in [-0.39, 0.29) is 12.5 Å². The maximum absolute atomic E-state index is 11.9. The van der Waals surface area contributed by atoms with E-state index in [1.807, 2.05) is 6.92 Å². The molecule has 0 radical (unpaired) electrons. The molecular weight excluding hydrogens is 339 g/mol. The minimum Gasteiger partial charge on any atom is -0.343 e. The van der Waals surface area contributed by atoms with Gasteiger partial charge in [0.15, 0.2) is 0 Å². The molecule has 0 saturated carbocycles. The van der Waals surface area contributed by atoms with E-state index in [1.165, 1.54) is 20.8 Å². The molecule has 0 saturated heterocycles. The number of hydrogen-bond acceptors (Lipinski definition) is 5. The second kappa shape index (κ2) is 10.4. The van der Waals surface area contributed by atoms with Crippen LogP contribution in [-0.2, 0) is 18.9 Å². The first-order valence-corrected chi connectivity index (χ1v) is 9.33. The van der Waals surface area contributed by atoms with Crippen molar-refractivity contribution in [3.8, 4) is 0 Å². The minimum absolute atomic E-state index is 0.0846. The summed E-state index contributed by atoms with van der Waals surface area (Å²) in [4.78, 5) is 53.2. The molecule has 0 aliphatic heterocycles. The SMILES string of the molecule is CCCNCC(=O)N[C@@H](C)C(=O)N[C@@H](C)C(=O)NC(C)P(=O)(O)O. The molecule has 0 rings (SSSR count). The van der Waals surface area contributed by atoms with Gasteiger partial charge in [-0.15, -0.1) is 0 Å². The van der Waals surface area contributed by atoms with Gasteiger partial charge in [0, 0.05) is 0 Å². The predicted octanol–water partition coefficient (Wildman–Crippen LogP) is -1.36. The lowest BCUT2D eigenvalue weighted by molar-refractivity contribution is -0.131. The first kappa shape index (κ1) is 22.5. The Morgan fingerprint density at radius 2 is 1.46 bits per heavy atom. The van der Waals surface area contributed by atoms with Crippen LogP contribution < -0.4 is 21.3 Å². The Morgan fingerprint density at radius 1 is 0.958 bits per heavy atom. The average Bonchev–Trinajstić information content (AvgIpc) is 2.46. The van der Waals surface area contributed by atoms with Crippen LogP contribution in [0, 0.1) is 0 Å². The molecule has 3 atom stereocenters. The van der Waals surface area contributed by atoms with Crippen LogP contribution in [0.25, 0.3) is 0 Å². The predicted molar refractivity (Wildman–Crippen MR) is 88.0 cm³/mol. The molecule has 0 spiro atoms. The molecule has 0 aromatic carbocycles. The Hall–Kier alpha value is -1.48. The maximum Gasteiger partial charge on any atom is 0.347 e. The summed E-state index contributed by atoms with van der Waals surface area (Å²) in [5, 5.41) is 9.86. The van der Waals surface area contributed by atoms with Crippen LogP contribution in [0.4, 0.5) is 0 Å². The summed E-state index contributed by atoms with van der Waals surface area (Å²) in [6, 6.07) is -1.86. The van der Waals surface area contributed by atoms with Crippen molar-refractivity contribution in [1.82, 2.24) is 21.3 Å². The number of nitrogens with one attached hydrogen (secondary N) is 4. The van der Waals surface area contributed by atoms with Crippen molar-refractivity contribution >= 4 is 25.3 Å². The Labute approximate surface area is 141 Å². The van der Waals surface area contributed by atoms with Gasteiger partial charge in [0.25, 0.3) is 0 Å². The number of hydrogen-bond donors (Lipinski definition) is 6. The number of rotatable bonds is 10. The van der Waals surface area contributed by atoms with Gasteiger partial charge in [0.2, 0.25) is 17.7 Å². The molecule has 11 heteroatoms. The smallest absolute Gasteiger partial charge is 0.343 e. The Bertz CT molecular complexity index is 495. The summed E-state index contributed by atoms with van der Waals surface area (Å²) in [6.07, 6.45) is 0.878. The highest BCUT2D eigenvalue weighted by Crippen LogP contribution is 2.38. The quantitative estimate of drug-likeness (QED) is 0.206. The van der Waals surface area contributed by atoms with E-state index in [4.69, 9.17) is 9.79 Å². The van der Waals surface area contributed by atoms with Crippen molar-refractivity contribution in [1.29, 1.82) is 0 Å². The van der Waals surface area contributed by atoms with E-state index in [0.29, 0.717) is 6.54 Å². The van der Waals surface area contributed by atoms with E-state index in [2.05, 4.69) is 21.3 Å². The van der Waals surface area contributed by atoms with Gasteiger partial charge in [-0.05, 0) is 33.7 Å². The zero-order chi connectivity index (χ0) is 18.9. The van der Waals surface area contributed by atoms with Gasteiger partial charge in [0.1, 0.15) is 17.9 Å². The second-order valence-electron chi connectivity index (χ2n) is 5.47. The summed E-state index contributed by atoms with van der Waals surface area (Å²) in [6.45, 7) is 6.73. The normalized spacial score (nSPS) is 15.1. The number of carbonyl (C=O) groups is 3. The van der Waals surface area contributed by atoms with Crippen LogP contribution in [0.1, 0.15) is 34.1 Å². The molecular formula is C13H27N4O6P. The molecule has 0 aromatic heterocycles. The fourth-order valence-electron chi connectivity index (χ4n) is 1.56. The summed E-state index contributed by atoms with van der Waals surface area (Å²) < 4.78 is 11.0. The molecule has 24 heavy (non-hydrogen) atoms. The third-order valence-corrected chi connectivity index (χ3v) is 4.23. The van der Waals surface area contributed by atoms with Crippen LogP contribution in [0.15, 0.2) is 0 Å². The first-order valence-electron chi connectivity index (χ1n) is 7.65. The topological polar surface area (TPSA) is 157 Å². The van der Waals surface area contributed by atoms with Crippen LogP contribution in [0.5, 0.6) is 0 Å². The largest absolute Gasteiger partial charge is 0.347 e. The molecule has 0 aromatic rings. The third-order valence-electron chi connectivity index (χ3n) is 3.09. The van der Waals surface area contributed by atoms with Crippen LogP contribution >= 0.6 is 7.60 Å². The summed E-state index contributed by atoms with van der Waals surface area (Å²) in [5.41, 5.74) is 0. The van der Waals surface area contributed by atoms with Gasteiger partial charge < -0.3 is 31.1 Å². The highest BCUT2D eigenvalue weighted by atomic mass is 31.2. The molecule has 1 unspecified atom stereocenters. The Kier molecular flexibility index (Phi) is 9.76. The standard InChI is InChI=1S/C13H27N4O6P/c1-5-6-14-7-11(18)15-8(2)12(19)16-9(3)13(20)17-10(4)24(21,22)23/h8-10,14H,5-7H2,1-4H3,(H,15,18)(H,16,19)(H,17,20)(H2,21,22,23)/t8-,9-,10?/m0/s1. The molecule has 0 fully saturated rings. The maximum atomic E-state index is 11.9. The molecule has 3 amide bonds. The molecule has 0 aliphatic carbocycles. The highest BCUT2D eigenvalue weighted by molar-refractivity contribution is 7.52. The molecule has 0 bridgehead atoms. The zero-order valence-electron chi connectivity index (χ0n) is 14.3.